The molecule has 0 spiro atoms. The molecule has 3 heterocycles. The molecule has 3 aromatic rings. The van der Waals surface area contributed by atoms with Crippen molar-refractivity contribution in [2.75, 3.05) is 27.2 Å². The highest BCUT2D eigenvalue weighted by atomic mass is 16.3. The number of nitrogens with zero attached hydrogens (tertiary/aromatic N) is 2. The molecule has 4 atom stereocenters. The predicted octanol–water partition coefficient (Wildman–Crippen LogP) is 1.83. The van der Waals surface area contributed by atoms with Crippen LogP contribution >= 0.6 is 0 Å². The minimum Gasteiger partial charge on any atom is -0.396 e. The number of aliphatic hydroxyl groups is 1. The van der Waals surface area contributed by atoms with Gasteiger partial charge in [0.15, 0.2) is 0 Å². The second-order valence-corrected chi connectivity index (χ2v) is 10.0. The number of benzene rings is 2. The first-order valence-corrected chi connectivity index (χ1v) is 12.6. The van der Waals surface area contributed by atoms with Gasteiger partial charge in [0, 0.05) is 62.4 Å². The molecule has 1 aromatic heterocycles. The molecule has 0 aliphatic carbocycles. The Morgan fingerprint density at radius 1 is 1.05 bits per heavy atom. The molecule has 1 saturated heterocycles. The number of amides is 2. The van der Waals surface area contributed by atoms with Crippen molar-refractivity contribution in [2.24, 2.45) is 11.8 Å². The minimum atomic E-state index is -0.513. The molecule has 0 unspecified atom stereocenters. The predicted molar refractivity (Wildman–Crippen MR) is 141 cm³/mol. The van der Waals surface area contributed by atoms with Gasteiger partial charge in [0.2, 0.25) is 5.91 Å². The highest BCUT2D eigenvalue weighted by Crippen LogP contribution is 2.42. The Kier molecular flexibility index (Phi) is 6.95. The molecule has 2 aliphatic rings. The third-order valence-corrected chi connectivity index (χ3v) is 7.58. The summed E-state index contributed by atoms with van der Waals surface area (Å²) < 4.78 is 1.75. The maximum atomic E-state index is 13.4. The van der Waals surface area contributed by atoms with E-state index in [1.807, 2.05) is 42.5 Å². The zero-order chi connectivity index (χ0) is 26.1. The minimum absolute atomic E-state index is 0.0575. The number of pyridine rings is 1. The third-order valence-electron chi connectivity index (χ3n) is 7.58. The van der Waals surface area contributed by atoms with E-state index in [4.69, 9.17) is 0 Å². The van der Waals surface area contributed by atoms with Crippen LogP contribution < -0.4 is 16.2 Å². The van der Waals surface area contributed by atoms with E-state index in [9.17, 15) is 19.5 Å². The number of carbonyl (C=O) groups is 2. The van der Waals surface area contributed by atoms with E-state index < -0.39 is 6.04 Å². The Balaban J connectivity index is 1.31. The van der Waals surface area contributed by atoms with E-state index in [-0.39, 0.29) is 41.9 Å². The Hall–Kier alpha value is -3.75. The number of fused-ring (bicyclic) bond motifs is 3. The molecule has 2 aromatic carbocycles. The van der Waals surface area contributed by atoms with Crippen LogP contribution in [0.5, 0.6) is 0 Å². The number of hydrogen-bond donors (Lipinski definition) is 3. The Labute approximate surface area is 215 Å². The van der Waals surface area contributed by atoms with Gasteiger partial charge in [-0.2, -0.15) is 0 Å². The summed E-state index contributed by atoms with van der Waals surface area (Å²) in [6, 6.07) is 20.1. The first kappa shape index (κ1) is 24.9. The van der Waals surface area contributed by atoms with Crippen LogP contribution in [0, 0.1) is 11.8 Å². The smallest absolute Gasteiger partial charge is 0.258 e. The van der Waals surface area contributed by atoms with Crippen molar-refractivity contribution in [1.82, 2.24) is 20.1 Å². The molecule has 2 aliphatic heterocycles. The normalized spacial score (nSPS) is 21.8. The van der Waals surface area contributed by atoms with Crippen LogP contribution in [0.25, 0.3) is 11.1 Å². The average Bonchev–Trinajstić information content (AvgIpc) is 3.46. The second kappa shape index (κ2) is 10.3. The van der Waals surface area contributed by atoms with Gasteiger partial charge in [-0.3, -0.25) is 19.7 Å². The molecule has 3 N–H and O–H groups in total. The molecule has 5 rings (SSSR count). The zero-order valence-corrected chi connectivity index (χ0v) is 21.1. The topological polar surface area (TPSA) is 104 Å². The van der Waals surface area contributed by atoms with Crippen molar-refractivity contribution in [3.8, 4) is 11.1 Å². The molecule has 8 heteroatoms. The monoisotopic (exact) mass is 500 g/mol. The number of hydrogen-bond acceptors (Lipinski definition) is 5. The first-order valence-electron chi connectivity index (χ1n) is 12.6. The van der Waals surface area contributed by atoms with Crippen molar-refractivity contribution in [3.63, 3.8) is 0 Å². The lowest BCUT2D eigenvalue weighted by molar-refractivity contribution is -0.124. The lowest BCUT2D eigenvalue weighted by Gasteiger charge is -2.21. The summed E-state index contributed by atoms with van der Waals surface area (Å²) in [5.41, 5.74) is 3.74. The fraction of sp³-hybridized carbons (Fsp3) is 0.345. The highest BCUT2D eigenvalue weighted by molar-refractivity contribution is 5.94. The zero-order valence-electron chi connectivity index (χ0n) is 21.1. The molecule has 0 radical (unpaired) electrons. The van der Waals surface area contributed by atoms with Crippen LogP contribution in [-0.2, 0) is 17.8 Å². The summed E-state index contributed by atoms with van der Waals surface area (Å²) in [6.07, 6.45) is 0.737. The van der Waals surface area contributed by atoms with Crippen LogP contribution in [-0.4, -0.2) is 59.7 Å². The van der Waals surface area contributed by atoms with E-state index >= 15 is 0 Å². The fourth-order valence-electron chi connectivity index (χ4n) is 5.61. The van der Waals surface area contributed by atoms with Crippen LogP contribution in [0.2, 0.25) is 0 Å². The van der Waals surface area contributed by atoms with Crippen LogP contribution in [0.15, 0.2) is 71.5 Å². The highest BCUT2D eigenvalue weighted by Gasteiger charge is 2.50. The van der Waals surface area contributed by atoms with Gasteiger partial charge in [-0.05, 0) is 41.8 Å². The third kappa shape index (κ3) is 4.70. The number of aromatic nitrogens is 1. The van der Waals surface area contributed by atoms with E-state index in [1.54, 1.807) is 42.9 Å². The van der Waals surface area contributed by atoms with Crippen molar-refractivity contribution in [3.05, 3.63) is 93.9 Å². The lowest BCUT2D eigenvalue weighted by Crippen LogP contribution is -2.46. The largest absolute Gasteiger partial charge is 0.396 e. The average molecular weight is 501 g/mol. The molecular weight excluding hydrogens is 468 g/mol. The van der Waals surface area contributed by atoms with Crippen LogP contribution in [0.4, 0.5) is 0 Å². The standard InChI is InChI=1S/C29H32N4O4/c1-32(2)28(36)20-10-8-19(9-11-20)21-12-13-24-25-22(16-33(24)29(21)37)23(17-34)26(31-25)27(35)30-15-14-18-6-4-3-5-7-18/h3-13,22-23,25-26,31,34H,14-17H2,1-2H3,(H,30,35)/t22-,23-,25+,26-/m1/s1. The second-order valence-electron chi connectivity index (χ2n) is 10.0. The molecular formula is C29H32N4O4. The van der Waals surface area contributed by atoms with E-state index in [0.717, 1.165) is 23.2 Å². The molecule has 192 valence electrons. The maximum absolute atomic E-state index is 13.4. The van der Waals surface area contributed by atoms with Gasteiger partial charge >= 0.3 is 0 Å². The Bertz CT molecular complexity index is 1350. The Morgan fingerprint density at radius 2 is 1.78 bits per heavy atom. The lowest BCUT2D eigenvalue weighted by atomic mass is 9.88. The molecule has 1 fully saturated rings. The number of carbonyl (C=O) groups excluding carboxylic acids is 2. The summed E-state index contributed by atoms with van der Waals surface area (Å²) in [6.45, 7) is 0.824. The van der Waals surface area contributed by atoms with Crippen molar-refractivity contribution >= 4 is 11.8 Å². The summed E-state index contributed by atoms with van der Waals surface area (Å²) in [5, 5.41) is 16.6. The summed E-state index contributed by atoms with van der Waals surface area (Å²) >= 11 is 0. The quantitative estimate of drug-likeness (QED) is 0.459. The van der Waals surface area contributed by atoms with Crippen molar-refractivity contribution < 1.29 is 14.7 Å². The molecule has 37 heavy (non-hydrogen) atoms. The van der Waals surface area contributed by atoms with Crippen LogP contribution in [0.3, 0.4) is 0 Å². The van der Waals surface area contributed by atoms with E-state index in [0.29, 0.717) is 24.2 Å². The number of nitrogens with one attached hydrogen (secondary N) is 2. The van der Waals surface area contributed by atoms with Gasteiger partial charge in [-0.1, -0.05) is 42.5 Å². The summed E-state index contributed by atoms with van der Waals surface area (Å²) in [7, 11) is 3.40. The SMILES string of the molecule is CN(C)C(=O)c1ccc(-c2ccc3n(c2=O)C[C@@H]2[C@@H](CO)[C@H](C(=O)NCCc4ccccc4)N[C@H]32)cc1. The van der Waals surface area contributed by atoms with Gasteiger partial charge in [-0.25, -0.2) is 0 Å². The van der Waals surface area contributed by atoms with Gasteiger partial charge < -0.3 is 19.9 Å². The van der Waals surface area contributed by atoms with Gasteiger partial charge in [0.05, 0.1) is 12.1 Å². The summed E-state index contributed by atoms with van der Waals surface area (Å²) in [5.74, 6) is -0.564. The fourth-order valence-corrected chi connectivity index (χ4v) is 5.61. The maximum Gasteiger partial charge on any atom is 0.258 e. The summed E-state index contributed by atoms with van der Waals surface area (Å²) in [4.78, 5) is 40.1. The molecule has 8 nitrogen and oxygen atoms in total. The number of aliphatic hydroxyl groups excluding tert-OH is 1. The van der Waals surface area contributed by atoms with E-state index in [1.165, 1.54) is 4.90 Å². The van der Waals surface area contributed by atoms with Gasteiger partial charge in [0.1, 0.15) is 0 Å². The molecule has 0 bridgehead atoms. The number of rotatable bonds is 7. The van der Waals surface area contributed by atoms with Crippen molar-refractivity contribution in [2.45, 2.75) is 25.0 Å². The van der Waals surface area contributed by atoms with Gasteiger partial charge in [-0.15, -0.1) is 0 Å². The van der Waals surface area contributed by atoms with Crippen LogP contribution in [0.1, 0.15) is 27.7 Å². The molecule has 2 amide bonds. The van der Waals surface area contributed by atoms with E-state index in [2.05, 4.69) is 10.6 Å². The van der Waals surface area contributed by atoms with Crippen molar-refractivity contribution in [1.29, 1.82) is 0 Å². The molecule has 0 saturated carbocycles. The van der Waals surface area contributed by atoms with Gasteiger partial charge in [0.25, 0.3) is 11.5 Å². The first-order chi connectivity index (χ1) is 17.9. The Morgan fingerprint density at radius 3 is 2.46 bits per heavy atom.